The SMILES string of the molecule is C[C@@H]1[C@H](O)[C@@H](C)C=CC=CC=CC=CC=CC=CC=C[C@H]2C[C@@H]3O[C@](O)(C[C@@H](O)C[C@@H](O)[C@H](O)CC[C@@H](O)C[C@@H](O)CC(=O)O[C@H]1C)C[C@H](O)[C@H]3C(=O)NCCCCCCCCN[C@@H]1[C@H](O)[C@H](O2)O[C@H](C)[C@H]1O. The van der Waals surface area contributed by atoms with Gasteiger partial charge in [-0.1, -0.05) is 125 Å². The third-order valence-corrected chi connectivity index (χ3v) is 14.3. The predicted octanol–water partition coefficient (Wildman–Crippen LogP) is 2.73. The van der Waals surface area contributed by atoms with Crippen molar-refractivity contribution in [3.8, 4) is 0 Å². The fourth-order valence-electron chi connectivity index (χ4n) is 9.75. The normalized spacial score (nSPS) is 41.0. The molecule has 0 radical (unpaired) electrons. The molecule has 0 unspecified atom stereocenters. The second kappa shape index (κ2) is 32.2. The van der Waals surface area contributed by atoms with Gasteiger partial charge in [0, 0.05) is 44.1 Å². The maximum absolute atomic E-state index is 13.9. The molecule has 18 nitrogen and oxygen atoms in total. The summed E-state index contributed by atoms with van der Waals surface area (Å²) in [4.78, 5) is 26.7. The van der Waals surface area contributed by atoms with E-state index in [2.05, 4.69) is 10.6 Å². The highest BCUT2D eigenvalue weighted by atomic mass is 16.7. The number of aliphatic hydroxyl groups is 10. The molecule has 18 heteroatoms. The number of aliphatic hydroxyl groups excluding tert-OH is 9. The van der Waals surface area contributed by atoms with Gasteiger partial charge in [-0.15, -0.1) is 0 Å². The van der Waals surface area contributed by atoms with Crippen LogP contribution >= 0.6 is 0 Å². The number of hydrogen-bond donors (Lipinski definition) is 12. The summed E-state index contributed by atoms with van der Waals surface area (Å²) < 4.78 is 24.3. The van der Waals surface area contributed by atoms with Crippen molar-refractivity contribution in [2.75, 3.05) is 13.1 Å². The summed E-state index contributed by atoms with van der Waals surface area (Å²) in [5, 5.41) is 118. The Morgan fingerprint density at radius 3 is 1.79 bits per heavy atom. The predicted molar refractivity (Wildman–Crippen MR) is 274 cm³/mol. The third kappa shape index (κ3) is 21.6. The molecule has 0 aromatic carbocycles. The maximum atomic E-state index is 13.9. The molecule has 4 aliphatic rings. The first-order valence-electron chi connectivity index (χ1n) is 26.5. The highest BCUT2D eigenvalue weighted by Gasteiger charge is 2.51. The smallest absolute Gasteiger partial charge is 0.308 e. The summed E-state index contributed by atoms with van der Waals surface area (Å²) in [5.41, 5.74) is 0. The number of cyclic esters (lactones) is 1. The number of nitrogens with one attached hydrogen (secondary N) is 2. The molecule has 1 amide bonds. The van der Waals surface area contributed by atoms with E-state index in [1.807, 2.05) is 61.6 Å². The molecule has 414 valence electrons. The van der Waals surface area contributed by atoms with Crippen molar-refractivity contribution >= 4 is 11.9 Å². The zero-order valence-corrected chi connectivity index (χ0v) is 43.2. The molecule has 4 rings (SSSR count). The Morgan fingerprint density at radius 1 is 0.562 bits per heavy atom. The second-order valence-corrected chi connectivity index (χ2v) is 20.5. The van der Waals surface area contributed by atoms with Gasteiger partial charge >= 0.3 is 5.97 Å². The lowest BCUT2D eigenvalue weighted by Crippen LogP contribution is -2.63. The molecule has 73 heavy (non-hydrogen) atoms. The first-order valence-corrected chi connectivity index (χ1v) is 26.5. The van der Waals surface area contributed by atoms with Crippen LogP contribution in [0.15, 0.2) is 85.1 Å². The summed E-state index contributed by atoms with van der Waals surface area (Å²) in [5.74, 6) is -5.39. The number of rotatable bonds is 0. The Labute approximate surface area is 431 Å². The first-order chi connectivity index (χ1) is 34.8. The minimum absolute atomic E-state index is 0.0812. The van der Waals surface area contributed by atoms with Gasteiger partial charge in [-0.25, -0.2) is 0 Å². The average Bonchev–Trinajstić information content (AvgIpc) is 3.32. The van der Waals surface area contributed by atoms with Crippen LogP contribution in [0, 0.1) is 17.8 Å². The highest BCUT2D eigenvalue weighted by molar-refractivity contribution is 5.80. The van der Waals surface area contributed by atoms with Crippen molar-refractivity contribution in [2.45, 2.75) is 215 Å². The molecule has 5 bridgehead atoms. The van der Waals surface area contributed by atoms with Crippen LogP contribution < -0.4 is 10.6 Å². The molecule has 12 N–H and O–H groups in total. The Kier molecular flexibility index (Phi) is 27.4. The lowest BCUT2D eigenvalue weighted by Gasteiger charge is -2.46. The van der Waals surface area contributed by atoms with Crippen LogP contribution in [0.2, 0.25) is 0 Å². The van der Waals surface area contributed by atoms with E-state index in [0.717, 1.165) is 32.1 Å². The van der Waals surface area contributed by atoms with Crippen LogP contribution in [0.3, 0.4) is 0 Å². The molecule has 3 saturated heterocycles. The zero-order chi connectivity index (χ0) is 53.5. The van der Waals surface area contributed by atoms with Crippen LogP contribution in [0.1, 0.15) is 118 Å². The van der Waals surface area contributed by atoms with E-state index >= 15 is 0 Å². The molecule has 4 heterocycles. The van der Waals surface area contributed by atoms with Gasteiger partial charge < -0.3 is 80.6 Å². The van der Waals surface area contributed by atoms with E-state index in [1.165, 1.54) is 0 Å². The fraction of sp³-hybridized carbons (Fsp3) is 0.709. The fourth-order valence-corrected chi connectivity index (χ4v) is 9.75. The van der Waals surface area contributed by atoms with Gasteiger partial charge in [0.25, 0.3) is 0 Å². The molecular weight excluding hydrogens is 945 g/mol. The Bertz CT molecular complexity index is 1840. The molecule has 0 aromatic rings. The first kappa shape index (κ1) is 62.1. The van der Waals surface area contributed by atoms with E-state index < -0.39 is 147 Å². The van der Waals surface area contributed by atoms with Gasteiger partial charge in [-0.2, -0.15) is 0 Å². The minimum atomic E-state index is -2.24. The van der Waals surface area contributed by atoms with Gasteiger partial charge in [-0.05, 0) is 52.5 Å². The van der Waals surface area contributed by atoms with Crippen molar-refractivity contribution in [3.63, 3.8) is 0 Å². The van der Waals surface area contributed by atoms with Crippen molar-refractivity contribution in [1.29, 1.82) is 0 Å². The summed E-state index contributed by atoms with van der Waals surface area (Å²) in [7, 11) is 0. The average molecular weight is 1030 g/mol. The summed E-state index contributed by atoms with van der Waals surface area (Å²) >= 11 is 0. The number of carbonyl (C=O) groups is 2. The zero-order valence-electron chi connectivity index (χ0n) is 43.2. The quantitative estimate of drug-likeness (QED) is 0.155. The third-order valence-electron chi connectivity index (χ3n) is 14.3. The summed E-state index contributed by atoms with van der Waals surface area (Å²) in [6.07, 6.45) is 11.3. The van der Waals surface area contributed by atoms with E-state index in [-0.39, 0.29) is 31.6 Å². The molecule has 3 fully saturated rings. The Morgan fingerprint density at radius 2 is 1.15 bits per heavy atom. The summed E-state index contributed by atoms with van der Waals surface area (Å²) in [6, 6.07) is -0.788. The van der Waals surface area contributed by atoms with E-state index in [1.54, 1.807) is 51.2 Å². The molecule has 0 aromatic heterocycles. The largest absolute Gasteiger partial charge is 0.462 e. The van der Waals surface area contributed by atoms with Gasteiger partial charge in [-0.3, -0.25) is 9.59 Å². The van der Waals surface area contributed by atoms with Gasteiger partial charge in [0.05, 0.1) is 85.5 Å². The molecular formula is C55H88N2O16. The number of fused-ring (bicyclic) bond motifs is 4. The van der Waals surface area contributed by atoms with Crippen LogP contribution in [0.25, 0.3) is 0 Å². The van der Waals surface area contributed by atoms with E-state index in [9.17, 15) is 60.7 Å². The van der Waals surface area contributed by atoms with Gasteiger partial charge in [0.15, 0.2) is 12.1 Å². The lowest BCUT2D eigenvalue weighted by molar-refractivity contribution is -0.308. The van der Waals surface area contributed by atoms with E-state index in [4.69, 9.17) is 18.9 Å². The van der Waals surface area contributed by atoms with Crippen LogP contribution in [-0.4, -0.2) is 174 Å². The molecule has 0 saturated carbocycles. The number of esters is 1. The molecule has 4 aliphatic heterocycles. The topological polar surface area (TPSA) is 297 Å². The summed E-state index contributed by atoms with van der Waals surface area (Å²) in [6.45, 7) is 7.82. The molecule has 0 spiro atoms. The number of carbonyl (C=O) groups excluding carboxylic acids is 2. The minimum Gasteiger partial charge on any atom is -0.462 e. The van der Waals surface area contributed by atoms with Gasteiger partial charge in [0.1, 0.15) is 12.2 Å². The van der Waals surface area contributed by atoms with Crippen LogP contribution in [0.4, 0.5) is 0 Å². The molecule has 0 aliphatic carbocycles. The second-order valence-electron chi connectivity index (χ2n) is 20.5. The highest BCUT2D eigenvalue weighted by Crippen LogP contribution is 2.38. The van der Waals surface area contributed by atoms with Crippen molar-refractivity contribution in [1.82, 2.24) is 10.6 Å². The van der Waals surface area contributed by atoms with Crippen molar-refractivity contribution in [2.24, 2.45) is 17.8 Å². The van der Waals surface area contributed by atoms with E-state index in [0.29, 0.717) is 19.5 Å². The Balaban J connectivity index is 1.62. The van der Waals surface area contributed by atoms with Crippen LogP contribution in [0.5, 0.6) is 0 Å². The van der Waals surface area contributed by atoms with Crippen LogP contribution in [-0.2, 0) is 28.5 Å². The maximum Gasteiger partial charge on any atom is 0.308 e. The Hall–Kier alpha value is -3.44. The number of ether oxygens (including phenoxy) is 4. The van der Waals surface area contributed by atoms with Crippen molar-refractivity contribution in [3.05, 3.63) is 85.1 Å². The number of amides is 1. The van der Waals surface area contributed by atoms with Gasteiger partial charge in [0.2, 0.25) is 5.91 Å². The number of allylic oxidation sites excluding steroid dienone is 12. The number of hydrogen-bond acceptors (Lipinski definition) is 17. The lowest BCUT2D eigenvalue weighted by atomic mass is 9.82. The standard InChI is InChI=1S/C55H88N2O16/c1-35-23-19-15-11-9-7-5-6-8-10-12-16-20-24-42-32-46-48(53(68)57-28-22-18-14-13-17-21-27-56-49-51(66)38(4)71-54(72-42)52(49)67)45(63)34-55(69,73-46)33-41(60)30-44(62)43(61)26-25-39(58)29-40(59)31-47(64)70-37(3)36(2)50(35)65/h5-12,15-16,19-20,23-24,35-46,48-52,54,56,58-63,65-67,69H,13-14,17-18,21-22,25-34H2,1-4H3,(H,57,68)/t35-,36-,37-,38+,39+,40+,41-,42-,43+,44+,45-,46-,48+,49-,50+,51+,52-,54-,55+/m0/s1. The van der Waals surface area contributed by atoms with Crippen molar-refractivity contribution < 1.29 is 79.6 Å². The molecule has 19 atom stereocenters. The monoisotopic (exact) mass is 1030 g/mol.